The molecule has 3 atom stereocenters. The Labute approximate surface area is 159 Å². The third kappa shape index (κ3) is 3.65. The van der Waals surface area contributed by atoms with Gasteiger partial charge in [0.15, 0.2) is 11.1 Å². The molecule has 1 aromatic heterocycles. The van der Waals surface area contributed by atoms with Crippen molar-refractivity contribution in [2.45, 2.75) is 18.4 Å². The minimum absolute atomic E-state index is 0.0753. The highest BCUT2D eigenvalue weighted by atomic mass is 32.2. The predicted octanol–water partition coefficient (Wildman–Crippen LogP) is 3.59. The summed E-state index contributed by atoms with van der Waals surface area (Å²) in [5.41, 5.74) is 2.88. The van der Waals surface area contributed by atoms with Crippen LogP contribution in [0.3, 0.4) is 0 Å². The van der Waals surface area contributed by atoms with E-state index < -0.39 is 11.1 Å². The van der Waals surface area contributed by atoms with Crippen molar-refractivity contribution in [3.63, 3.8) is 0 Å². The zero-order valence-corrected chi connectivity index (χ0v) is 15.5. The van der Waals surface area contributed by atoms with Gasteiger partial charge in [-0.05, 0) is 34.9 Å². The molecule has 1 N–H and O–H groups in total. The minimum Gasteiger partial charge on any atom is -0.485 e. The van der Waals surface area contributed by atoms with E-state index in [2.05, 4.69) is 4.98 Å². The molecule has 27 heavy (non-hydrogen) atoms. The molecule has 2 aromatic carbocycles. The Hall–Kier alpha value is -2.51. The molecular formula is C20H19FN2O3S. The van der Waals surface area contributed by atoms with Crippen molar-refractivity contribution < 1.29 is 17.9 Å². The fourth-order valence-corrected chi connectivity index (χ4v) is 4.15. The second-order valence-electron chi connectivity index (χ2n) is 6.67. The third-order valence-electron chi connectivity index (χ3n) is 4.88. The number of fused-ring (bicyclic) bond motifs is 1. The average Bonchev–Trinajstić information content (AvgIpc) is 3.25. The van der Waals surface area contributed by atoms with Gasteiger partial charge in [0.2, 0.25) is 0 Å². The van der Waals surface area contributed by atoms with Crippen molar-refractivity contribution in [2.24, 2.45) is 7.05 Å². The number of rotatable bonds is 5. The van der Waals surface area contributed by atoms with Crippen LogP contribution in [0, 0.1) is 5.82 Å². The van der Waals surface area contributed by atoms with Crippen LogP contribution in [0.1, 0.15) is 34.5 Å². The van der Waals surface area contributed by atoms with Crippen molar-refractivity contribution in [3.05, 3.63) is 83.2 Å². The lowest BCUT2D eigenvalue weighted by Gasteiger charge is -2.16. The van der Waals surface area contributed by atoms with Gasteiger partial charge >= 0.3 is 0 Å². The summed E-state index contributed by atoms with van der Waals surface area (Å²) in [7, 11) is 1.87. The van der Waals surface area contributed by atoms with Gasteiger partial charge in [-0.3, -0.25) is 0 Å². The van der Waals surface area contributed by atoms with Crippen molar-refractivity contribution in [1.29, 1.82) is 0 Å². The van der Waals surface area contributed by atoms with Gasteiger partial charge in [-0.2, -0.15) is 0 Å². The molecule has 0 fully saturated rings. The Bertz CT molecular complexity index is 987. The molecule has 3 unspecified atom stereocenters. The normalized spacial score (nSPS) is 18.0. The molecule has 4 rings (SSSR count). The smallest absolute Gasteiger partial charge is 0.153 e. The second kappa shape index (κ2) is 7.25. The van der Waals surface area contributed by atoms with E-state index in [-0.39, 0.29) is 23.6 Å². The van der Waals surface area contributed by atoms with Crippen LogP contribution >= 0.6 is 0 Å². The van der Waals surface area contributed by atoms with E-state index >= 15 is 0 Å². The maximum absolute atomic E-state index is 13.2. The van der Waals surface area contributed by atoms with E-state index in [0.717, 1.165) is 28.3 Å². The minimum atomic E-state index is -1.95. The summed E-state index contributed by atoms with van der Waals surface area (Å²) in [5, 5.41) is 0. The van der Waals surface area contributed by atoms with Crippen molar-refractivity contribution >= 4 is 11.1 Å². The van der Waals surface area contributed by atoms with Gasteiger partial charge in [0.1, 0.15) is 23.5 Å². The Kier molecular flexibility index (Phi) is 4.80. The first kappa shape index (κ1) is 17.9. The van der Waals surface area contributed by atoms with E-state index in [1.807, 2.05) is 36.0 Å². The van der Waals surface area contributed by atoms with Crippen LogP contribution in [-0.4, -0.2) is 24.1 Å². The summed E-state index contributed by atoms with van der Waals surface area (Å²) in [5.74, 6) is 1.05. The Morgan fingerprint density at radius 2 is 2.11 bits per heavy atom. The van der Waals surface area contributed by atoms with E-state index in [4.69, 9.17) is 4.74 Å². The summed E-state index contributed by atoms with van der Waals surface area (Å²) in [4.78, 5) is 4.36. The summed E-state index contributed by atoms with van der Waals surface area (Å²) in [6, 6.07) is 12.2. The fraction of sp³-hybridized carbons (Fsp3) is 0.250. The van der Waals surface area contributed by atoms with Crippen LogP contribution in [0.2, 0.25) is 0 Å². The fourth-order valence-electron chi connectivity index (χ4n) is 3.52. The lowest BCUT2D eigenvalue weighted by Crippen LogP contribution is -2.15. The number of aryl methyl sites for hydroxylation is 1. The molecule has 0 aliphatic carbocycles. The third-order valence-corrected chi connectivity index (χ3v) is 5.50. The van der Waals surface area contributed by atoms with E-state index in [1.165, 1.54) is 12.1 Å². The van der Waals surface area contributed by atoms with Crippen LogP contribution in [0.15, 0.2) is 54.9 Å². The topological polar surface area (TPSA) is 64.4 Å². The van der Waals surface area contributed by atoms with Crippen LogP contribution in [0.4, 0.5) is 4.39 Å². The zero-order valence-electron chi connectivity index (χ0n) is 14.7. The van der Waals surface area contributed by atoms with Crippen LogP contribution in [0.25, 0.3) is 0 Å². The largest absolute Gasteiger partial charge is 0.485 e. The summed E-state index contributed by atoms with van der Waals surface area (Å²) < 4.78 is 42.0. The molecular weight excluding hydrogens is 367 g/mol. The maximum Gasteiger partial charge on any atom is 0.153 e. The zero-order chi connectivity index (χ0) is 19.0. The molecule has 140 valence electrons. The molecule has 0 radical (unpaired) electrons. The molecule has 1 aliphatic heterocycles. The molecule has 2 heterocycles. The van der Waals surface area contributed by atoms with Crippen LogP contribution < -0.4 is 4.74 Å². The second-order valence-corrected chi connectivity index (χ2v) is 7.64. The van der Waals surface area contributed by atoms with Gasteiger partial charge in [0.05, 0.1) is 11.7 Å². The van der Waals surface area contributed by atoms with E-state index in [0.29, 0.717) is 6.42 Å². The monoisotopic (exact) mass is 386 g/mol. The number of hydrogen-bond donors (Lipinski definition) is 1. The predicted molar refractivity (Wildman–Crippen MR) is 101 cm³/mol. The first-order valence-electron chi connectivity index (χ1n) is 8.61. The standard InChI is InChI=1S/C20H19FN2O3S/c1-23-9-8-22-20(23)17(12-27(24)25)14-4-7-18-15(10-14)11-19(26-18)13-2-5-16(21)6-3-13/h2-10,17,19H,11-12H2,1H3,(H,24,25). The van der Waals surface area contributed by atoms with E-state index in [1.54, 1.807) is 18.3 Å². The molecule has 0 bridgehead atoms. The number of hydrogen-bond acceptors (Lipinski definition) is 3. The molecule has 0 spiro atoms. The highest BCUT2D eigenvalue weighted by Gasteiger charge is 2.27. The summed E-state index contributed by atoms with van der Waals surface area (Å²) in [6.07, 6.45) is 4.02. The number of nitrogens with zero attached hydrogens (tertiary/aromatic N) is 2. The number of aromatic nitrogens is 2. The Balaban J connectivity index is 1.63. The molecule has 7 heteroatoms. The molecule has 0 saturated carbocycles. The number of ether oxygens (including phenoxy) is 1. The van der Waals surface area contributed by atoms with Crippen molar-refractivity contribution in [3.8, 4) is 5.75 Å². The molecule has 5 nitrogen and oxygen atoms in total. The number of halogens is 1. The van der Waals surface area contributed by atoms with E-state index in [9.17, 15) is 13.2 Å². The first-order valence-corrected chi connectivity index (χ1v) is 9.88. The Morgan fingerprint density at radius 3 is 2.78 bits per heavy atom. The van der Waals surface area contributed by atoms with Gasteiger partial charge in [-0.25, -0.2) is 13.6 Å². The Morgan fingerprint density at radius 1 is 1.33 bits per heavy atom. The van der Waals surface area contributed by atoms with Gasteiger partial charge in [0, 0.05) is 25.9 Å². The van der Waals surface area contributed by atoms with Gasteiger partial charge in [-0.15, -0.1) is 0 Å². The molecule has 1 aliphatic rings. The SMILES string of the molecule is Cn1ccnc1C(CS(=O)O)c1ccc2c(c1)CC(c1ccc(F)cc1)O2. The quantitative estimate of drug-likeness (QED) is 0.681. The first-order chi connectivity index (χ1) is 13.0. The maximum atomic E-state index is 13.2. The van der Waals surface area contributed by atoms with Crippen molar-refractivity contribution in [1.82, 2.24) is 9.55 Å². The van der Waals surface area contributed by atoms with Gasteiger partial charge in [-0.1, -0.05) is 24.3 Å². The highest BCUT2D eigenvalue weighted by Crippen LogP contribution is 2.39. The van der Waals surface area contributed by atoms with Crippen molar-refractivity contribution in [2.75, 3.05) is 5.75 Å². The molecule has 3 aromatic rings. The summed E-state index contributed by atoms with van der Waals surface area (Å²) >= 11 is -1.95. The number of imidazole rings is 1. The van der Waals surface area contributed by atoms with Crippen LogP contribution in [-0.2, 0) is 24.5 Å². The molecule has 0 amide bonds. The summed E-state index contributed by atoms with van der Waals surface area (Å²) in [6.45, 7) is 0. The average molecular weight is 386 g/mol. The van der Waals surface area contributed by atoms with Gasteiger partial charge < -0.3 is 13.9 Å². The van der Waals surface area contributed by atoms with Gasteiger partial charge in [0.25, 0.3) is 0 Å². The lowest BCUT2D eigenvalue weighted by molar-refractivity contribution is 0.238. The lowest BCUT2D eigenvalue weighted by atomic mass is 9.95. The molecule has 0 saturated heterocycles. The number of benzene rings is 2. The highest BCUT2D eigenvalue weighted by molar-refractivity contribution is 7.79. The van der Waals surface area contributed by atoms with Crippen LogP contribution in [0.5, 0.6) is 5.75 Å².